The Morgan fingerprint density at radius 1 is 1.47 bits per heavy atom. The van der Waals surface area contributed by atoms with E-state index < -0.39 is 6.61 Å². The molecule has 1 fully saturated rings. The van der Waals surface area contributed by atoms with Crippen LogP contribution in [0.4, 0.5) is 0 Å². The standard InChI is InChI=1S/C11H17N3O3/c1-9-6-10(12-17-9)7-13-2-4-14(5-3-13)11(16)8-15/h6,15H,2-5,7-8H2,1H3. The normalized spacial score (nSPS) is 17.4. The summed E-state index contributed by atoms with van der Waals surface area (Å²) in [5.41, 5.74) is 0.921. The molecule has 1 saturated heterocycles. The lowest BCUT2D eigenvalue weighted by molar-refractivity contribution is -0.136. The van der Waals surface area contributed by atoms with Crippen LogP contribution in [-0.2, 0) is 11.3 Å². The molecule has 0 radical (unpaired) electrons. The summed E-state index contributed by atoms with van der Waals surface area (Å²) in [6.07, 6.45) is 0. The Balaban J connectivity index is 1.81. The Hall–Kier alpha value is -1.40. The molecule has 1 amide bonds. The van der Waals surface area contributed by atoms with E-state index in [0.717, 1.165) is 31.1 Å². The van der Waals surface area contributed by atoms with Crippen LogP contribution in [-0.4, -0.2) is 58.8 Å². The highest BCUT2D eigenvalue weighted by Crippen LogP contribution is 2.08. The van der Waals surface area contributed by atoms with Crippen LogP contribution in [0.15, 0.2) is 10.6 Å². The van der Waals surface area contributed by atoms with Crippen LogP contribution in [0.25, 0.3) is 0 Å². The van der Waals surface area contributed by atoms with Crippen molar-refractivity contribution in [2.45, 2.75) is 13.5 Å². The number of rotatable bonds is 3. The number of hydrogen-bond acceptors (Lipinski definition) is 5. The van der Waals surface area contributed by atoms with E-state index in [9.17, 15) is 4.79 Å². The fraction of sp³-hybridized carbons (Fsp3) is 0.636. The molecule has 1 aromatic heterocycles. The van der Waals surface area contributed by atoms with Gasteiger partial charge in [0.05, 0.1) is 5.69 Å². The van der Waals surface area contributed by atoms with Crippen molar-refractivity contribution >= 4 is 5.91 Å². The summed E-state index contributed by atoms with van der Waals surface area (Å²) in [5, 5.41) is 12.7. The van der Waals surface area contributed by atoms with Crippen molar-refractivity contribution < 1.29 is 14.4 Å². The van der Waals surface area contributed by atoms with Gasteiger partial charge in [-0.1, -0.05) is 5.16 Å². The van der Waals surface area contributed by atoms with E-state index in [-0.39, 0.29) is 5.91 Å². The molecule has 94 valence electrons. The van der Waals surface area contributed by atoms with E-state index >= 15 is 0 Å². The predicted octanol–water partition coefficient (Wildman–Crippen LogP) is -0.380. The van der Waals surface area contributed by atoms with Crippen LogP contribution in [0.1, 0.15) is 11.5 Å². The van der Waals surface area contributed by atoms with Gasteiger partial charge in [0.2, 0.25) is 5.91 Å². The van der Waals surface area contributed by atoms with Crippen LogP contribution in [0, 0.1) is 6.92 Å². The zero-order valence-electron chi connectivity index (χ0n) is 9.93. The van der Waals surface area contributed by atoms with E-state index in [1.807, 2.05) is 13.0 Å². The Kier molecular flexibility index (Phi) is 3.75. The maximum atomic E-state index is 11.3. The number of amides is 1. The van der Waals surface area contributed by atoms with Crippen molar-refractivity contribution in [2.75, 3.05) is 32.8 Å². The van der Waals surface area contributed by atoms with E-state index in [1.165, 1.54) is 0 Å². The van der Waals surface area contributed by atoms with Gasteiger partial charge in [-0.2, -0.15) is 0 Å². The Morgan fingerprint density at radius 2 is 2.18 bits per heavy atom. The molecule has 0 bridgehead atoms. The highest BCUT2D eigenvalue weighted by molar-refractivity contribution is 5.77. The van der Waals surface area contributed by atoms with Crippen molar-refractivity contribution in [1.29, 1.82) is 0 Å². The molecule has 0 saturated carbocycles. The third-order valence-electron chi connectivity index (χ3n) is 2.92. The van der Waals surface area contributed by atoms with Crippen molar-refractivity contribution in [3.63, 3.8) is 0 Å². The molecule has 2 heterocycles. The van der Waals surface area contributed by atoms with E-state index in [2.05, 4.69) is 10.1 Å². The maximum Gasteiger partial charge on any atom is 0.248 e. The summed E-state index contributed by atoms with van der Waals surface area (Å²) in [6.45, 7) is 5.15. The van der Waals surface area contributed by atoms with Gasteiger partial charge >= 0.3 is 0 Å². The molecule has 0 unspecified atom stereocenters. The number of aryl methyl sites for hydroxylation is 1. The molecule has 1 aliphatic rings. The summed E-state index contributed by atoms with van der Waals surface area (Å²) in [5.74, 6) is 0.621. The summed E-state index contributed by atoms with van der Waals surface area (Å²) >= 11 is 0. The van der Waals surface area contributed by atoms with Crippen LogP contribution >= 0.6 is 0 Å². The fourth-order valence-electron chi connectivity index (χ4n) is 1.98. The monoisotopic (exact) mass is 239 g/mol. The van der Waals surface area contributed by atoms with Gasteiger partial charge in [-0.05, 0) is 6.92 Å². The summed E-state index contributed by atoms with van der Waals surface area (Å²) in [7, 11) is 0. The molecule has 0 atom stereocenters. The zero-order valence-corrected chi connectivity index (χ0v) is 9.93. The molecule has 0 aromatic carbocycles. The third-order valence-corrected chi connectivity index (χ3v) is 2.92. The first kappa shape index (κ1) is 12.1. The van der Waals surface area contributed by atoms with Gasteiger partial charge in [-0.3, -0.25) is 9.69 Å². The summed E-state index contributed by atoms with van der Waals surface area (Å²) in [4.78, 5) is 15.2. The molecule has 6 heteroatoms. The second-order valence-corrected chi connectivity index (χ2v) is 4.24. The van der Waals surface area contributed by atoms with Crippen molar-refractivity contribution in [2.24, 2.45) is 0 Å². The van der Waals surface area contributed by atoms with Crippen molar-refractivity contribution in [3.05, 3.63) is 17.5 Å². The topological polar surface area (TPSA) is 69.8 Å². The van der Waals surface area contributed by atoms with Gasteiger partial charge in [0, 0.05) is 38.8 Å². The molecule has 1 aliphatic heterocycles. The minimum Gasteiger partial charge on any atom is -0.387 e. The van der Waals surface area contributed by atoms with E-state index in [1.54, 1.807) is 4.90 Å². The van der Waals surface area contributed by atoms with Gasteiger partial charge in [0.15, 0.2) is 0 Å². The third kappa shape index (κ3) is 3.04. The lowest BCUT2D eigenvalue weighted by Gasteiger charge is -2.33. The van der Waals surface area contributed by atoms with Crippen molar-refractivity contribution in [1.82, 2.24) is 15.0 Å². The molecule has 1 aromatic rings. The number of hydrogen-bond donors (Lipinski definition) is 1. The molecule has 6 nitrogen and oxygen atoms in total. The lowest BCUT2D eigenvalue weighted by atomic mass is 10.3. The minimum atomic E-state index is -0.400. The molecule has 0 spiro atoms. The van der Waals surface area contributed by atoms with Gasteiger partial charge in [-0.15, -0.1) is 0 Å². The largest absolute Gasteiger partial charge is 0.387 e. The molecule has 17 heavy (non-hydrogen) atoms. The maximum absolute atomic E-state index is 11.3. The smallest absolute Gasteiger partial charge is 0.248 e. The fourth-order valence-corrected chi connectivity index (χ4v) is 1.98. The summed E-state index contributed by atoms with van der Waals surface area (Å²) < 4.78 is 5.01. The van der Waals surface area contributed by atoms with Crippen molar-refractivity contribution in [3.8, 4) is 0 Å². The average Bonchev–Trinajstić information content (AvgIpc) is 2.75. The van der Waals surface area contributed by atoms with E-state index in [0.29, 0.717) is 13.1 Å². The van der Waals surface area contributed by atoms with Gasteiger partial charge in [-0.25, -0.2) is 0 Å². The number of aromatic nitrogens is 1. The highest BCUT2D eigenvalue weighted by atomic mass is 16.5. The average molecular weight is 239 g/mol. The predicted molar refractivity (Wildman–Crippen MR) is 60.2 cm³/mol. The van der Waals surface area contributed by atoms with Gasteiger partial charge in [0.1, 0.15) is 12.4 Å². The first-order valence-corrected chi connectivity index (χ1v) is 5.72. The Bertz CT molecular complexity index is 383. The Morgan fingerprint density at radius 3 is 2.71 bits per heavy atom. The number of aliphatic hydroxyl groups excluding tert-OH is 1. The Labute approximate surface area is 99.8 Å². The number of carbonyl (C=O) groups excluding carboxylic acids is 1. The number of carbonyl (C=O) groups is 1. The zero-order chi connectivity index (χ0) is 12.3. The lowest BCUT2D eigenvalue weighted by Crippen LogP contribution is -2.49. The highest BCUT2D eigenvalue weighted by Gasteiger charge is 2.20. The number of nitrogens with zero attached hydrogens (tertiary/aromatic N) is 3. The second-order valence-electron chi connectivity index (χ2n) is 4.24. The van der Waals surface area contributed by atoms with Crippen LogP contribution < -0.4 is 0 Å². The molecule has 2 rings (SSSR count). The van der Waals surface area contributed by atoms with Crippen LogP contribution in [0.2, 0.25) is 0 Å². The SMILES string of the molecule is Cc1cc(CN2CCN(C(=O)CO)CC2)no1. The number of aliphatic hydroxyl groups is 1. The first-order chi connectivity index (χ1) is 8.19. The quantitative estimate of drug-likeness (QED) is 0.778. The minimum absolute atomic E-state index is 0.193. The molecule has 1 N–H and O–H groups in total. The first-order valence-electron chi connectivity index (χ1n) is 5.72. The van der Waals surface area contributed by atoms with Gasteiger partial charge in [0.25, 0.3) is 0 Å². The molecular formula is C11H17N3O3. The molecular weight excluding hydrogens is 222 g/mol. The van der Waals surface area contributed by atoms with Gasteiger partial charge < -0.3 is 14.5 Å². The summed E-state index contributed by atoms with van der Waals surface area (Å²) in [6, 6.07) is 1.92. The second kappa shape index (κ2) is 5.29. The molecule has 0 aliphatic carbocycles. The van der Waals surface area contributed by atoms with E-state index in [4.69, 9.17) is 9.63 Å². The van der Waals surface area contributed by atoms with Crippen LogP contribution in [0.3, 0.4) is 0 Å². The van der Waals surface area contributed by atoms with Crippen LogP contribution in [0.5, 0.6) is 0 Å². The number of piperazine rings is 1.